The Morgan fingerprint density at radius 3 is 2.20 bits per heavy atom. The van der Waals surface area contributed by atoms with Gasteiger partial charge < -0.3 is 5.32 Å². The minimum Gasteiger partial charge on any atom is -0.307 e. The first-order valence-electron chi connectivity index (χ1n) is 3.19. The van der Waals surface area contributed by atoms with Gasteiger partial charge in [0.1, 0.15) is 0 Å². The molecule has 0 spiro atoms. The van der Waals surface area contributed by atoms with E-state index in [2.05, 4.69) is 30.0 Å². The van der Waals surface area contributed by atoms with Gasteiger partial charge >= 0.3 is 0 Å². The number of rotatable bonds is 0. The smallest absolute Gasteiger partial charge is 0.0521 e. The zero-order valence-corrected chi connectivity index (χ0v) is 6.48. The molecule has 1 aliphatic rings. The van der Waals surface area contributed by atoms with Crippen LogP contribution in [0.15, 0.2) is 30.3 Å². The highest BCUT2D eigenvalue weighted by Crippen LogP contribution is 1.98. The van der Waals surface area contributed by atoms with Crippen molar-refractivity contribution < 1.29 is 0 Å². The normalized spacial score (nSPS) is 20.5. The third-order valence-corrected chi connectivity index (χ3v) is 1.31. The van der Waals surface area contributed by atoms with Crippen LogP contribution in [0.3, 0.4) is 0 Å². The number of hydrogen-bond donors (Lipinski definition) is 1. The minimum absolute atomic E-state index is 0.898. The van der Waals surface area contributed by atoms with E-state index in [4.69, 9.17) is 0 Å². The highest BCUT2D eigenvalue weighted by molar-refractivity contribution is 6.03. The summed E-state index contributed by atoms with van der Waals surface area (Å²) in [6.07, 6.45) is 0. The van der Waals surface area contributed by atoms with Gasteiger partial charge in [0, 0.05) is 20.1 Å². The molecular formula is C8H14N2. The van der Waals surface area contributed by atoms with Gasteiger partial charge in [-0.25, -0.2) is 0 Å². The summed E-state index contributed by atoms with van der Waals surface area (Å²) < 4.78 is 0. The number of aliphatic imine (C=N–C) groups is 1. The molecule has 0 unspecified atom stereocenters. The first-order chi connectivity index (χ1) is 4.84. The molecule has 56 valence electrons. The number of nitrogens with one attached hydrogen (secondary N) is 1. The summed E-state index contributed by atoms with van der Waals surface area (Å²) in [6, 6.07) is 0. The fourth-order valence-electron chi connectivity index (χ4n) is 0.796. The maximum absolute atomic E-state index is 4.02. The van der Waals surface area contributed by atoms with E-state index in [1.807, 2.05) is 0 Å². The Morgan fingerprint density at radius 1 is 1.40 bits per heavy atom. The van der Waals surface area contributed by atoms with Crippen molar-refractivity contribution in [2.75, 3.05) is 20.1 Å². The highest BCUT2D eigenvalue weighted by Gasteiger charge is 2.09. The summed E-state index contributed by atoms with van der Waals surface area (Å²) in [5, 5.41) is 3.14. The van der Waals surface area contributed by atoms with Crippen molar-refractivity contribution in [1.29, 1.82) is 0 Å². The van der Waals surface area contributed by atoms with E-state index in [-0.39, 0.29) is 0 Å². The van der Waals surface area contributed by atoms with Crippen molar-refractivity contribution in [3.63, 3.8) is 0 Å². The maximum Gasteiger partial charge on any atom is 0.0521 e. The van der Waals surface area contributed by atoms with Crippen molar-refractivity contribution in [1.82, 2.24) is 5.32 Å². The molecule has 2 nitrogen and oxygen atoms in total. The average molecular weight is 138 g/mol. The van der Waals surface area contributed by atoms with Crippen molar-refractivity contribution >= 4 is 5.71 Å². The third-order valence-electron chi connectivity index (χ3n) is 1.31. The summed E-state index contributed by atoms with van der Waals surface area (Å²) in [4.78, 5) is 4.02. The van der Waals surface area contributed by atoms with Crippen molar-refractivity contribution in [3.8, 4) is 0 Å². The van der Waals surface area contributed by atoms with Crippen LogP contribution in [0, 0.1) is 0 Å². The molecule has 0 aromatic heterocycles. The summed E-state index contributed by atoms with van der Waals surface area (Å²) in [5.41, 5.74) is 2.25. The molecule has 1 N–H and O–H groups in total. The lowest BCUT2D eigenvalue weighted by Crippen LogP contribution is -2.07. The summed E-state index contributed by atoms with van der Waals surface area (Å²) in [6.45, 7) is 11.6. The van der Waals surface area contributed by atoms with Gasteiger partial charge in [-0.2, -0.15) is 0 Å². The van der Waals surface area contributed by atoms with Gasteiger partial charge in [0.05, 0.1) is 5.71 Å². The third kappa shape index (κ3) is 2.15. The number of nitrogens with zero attached hydrogens (tertiary/aromatic N) is 1. The van der Waals surface area contributed by atoms with Crippen LogP contribution in [0.1, 0.15) is 0 Å². The van der Waals surface area contributed by atoms with E-state index < -0.39 is 0 Å². The average Bonchev–Trinajstić information content (AvgIpc) is 2.39. The van der Waals surface area contributed by atoms with Gasteiger partial charge in [0.25, 0.3) is 0 Å². The molecule has 0 amide bonds. The van der Waals surface area contributed by atoms with Crippen LogP contribution >= 0.6 is 0 Å². The quantitative estimate of drug-likeness (QED) is 0.496. The van der Waals surface area contributed by atoms with Gasteiger partial charge in [-0.1, -0.05) is 6.58 Å². The van der Waals surface area contributed by atoms with Crippen LogP contribution in [0.5, 0.6) is 0 Å². The molecule has 2 heteroatoms. The van der Waals surface area contributed by atoms with Crippen LogP contribution in [0.25, 0.3) is 0 Å². The fraction of sp³-hybridized carbons (Fsp3) is 0.375. The standard InChI is InChI=1S/C6H10N2.C2H4/c1-5-3-8-4-6(5)7-2;1-2/h8H,1,3-4H2,2H3;1-2H2. The molecule has 0 aliphatic carbocycles. The molecule has 0 saturated carbocycles. The Bertz CT molecular complexity index is 147. The lowest BCUT2D eigenvalue weighted by atomic mass is 10.2. The minimum atomic E-state index is 0.898. The van der Waals surface area contributed by atoms with E-state index in [1.54, 1.807) is 7.05 Å². The van der Waals surface area contributed by atoms with Gasteiger partial charge in [-0.05, 0) is 5.57 Å². The Balaban J connectivity index is 0.000000371. The van der Waals surface area contributed by atoms with Gasteiger partial charge in [-0.3, -0.25) is 4.99 Å². The van der Waals surface area contributed by atoms with Crippen LogP contribution in [-0.2, 0) is 0 Å². The molecular weight excluding hydrogens is 124 g/mol. The van der Waals surface area contributed by atoms with E-state index >= 15 is 0 Å². The Morgan fingerprint density at radius 2 is 2.00 bits per heavy atom. The number of hydrogen-bond acceptors (Lipinski definition) is 2. The lowest BCUT2D eigenvalue weighted by molar-refractivity contribution is 0.908. The van der Waals surface area contributed by atoms with Crippen molar-refractivity contribution in [3.05, 3.63) is 25.3 Å². The molecule has 0 bridgehead atoms. The van der Waals surface area contributed by atoms with Crippen molar-refractivity contribution in [2.45, 2.75) is 0 Å². The van der Waals surface area contributed by atoms with Crippen LogP contribution in [0.2, 0.25) is 0 Å². The molecule has 1 saturated heterocycles. The zero-order chi connectivity index (χ0) is 7.98. The van der Waals surface area contributed by atoms with E-state index in [0.29, 0.717) is 0 Å². The molecule has 0 aromatic rings. The summed E-state index contributed by atoms with van der Waals surface area (Å²) in [5.74, 6) is 0. The van der Waals surface area contributed by atoms with E-state index in [9.17, 15) is 0 Å². The van der Waals surface area contributed by atoms with Crippen LogP contribution < -0.4 is 5.32 Å². The largest absolute Gasteiger partial charge is 0.307 e. The fourth-order valence-corrected chi connectivity index (χ4v) is 0.796. The Kier molecular flexibility index (Phi) is 4.50. The highest BCUT2D eigenvalue weighted by atomic mass is 14.9. The Labute approximate surface area is 62.4 Å². The lowest BCUT2D eigenvalue weighted by Gasteiger charge is -1.88. The molecule has 10 heavy (non-hydrogen) atoms. The van der Waals surface area contributed by atoms with Gasteiger partial charge in [0.15, 0.2) is 0 Å². The second kappa shape index (κ2) is 4.94. The monoisotopic (exact) mass is 138 g/mol. The predicted octanol–water partition coefficient (Wildman–Crippen LogP) is 1.02. The second-order valence-electron chi connectivity index (χ2n) is 1.88. The Hall–Kier alpha value is -0.890. The summed E-state index contributed by atoms with van der Waals surface area (Å²) >= 11 is 0. The SMILES string of the molecule is C=C.C=C1CNCC1=NC. The molecule has 1 heterocycles. The molecule has 0 atom stereocenters. The molecule has 1 fully saturated rings. The first-order valence-corrected chi connectivity index (χ1v) is 3.19. The molecule has 1 aliphatic heterocycles. The van der Waals surface area contributed by atoms with Crippen LogP contribution in [0.4, 0.5) is 0 Å². The second-order valence-corrected chi connectivity index (χ2v) is 1.88. The molecule has 0 radical (unpaired) electrons. The molecule has 0 aromatic carbocycles. The van der Waals surface area contributed by atoms with E-state index in [0.717, 1.165) is 24.4 Å². The maximum atomic E-state index is 4.02. The van der Waals surface area contributed by atoms with Crippen LogP contribution in [-0.4, -0.2) is 25.8 Å². The predicted molar refractivity (Wildman–Crippen MR) is 46.6 cm³/mol. The molecule has 1 rings (SSSR count). The first kappa shape index (κ1) is 9.11. The summed E-state index contributed by atoms with van der Waals surface area (Å²) in [7, 11) is 1.80. The van der Waals surface area contributed by atoms with Crippen molar-refractivity contribution in [2.24, 2.45) is 4.99 Å². The topological polar surface area (TPSA) is 24.4 Å². The van der Waals surface area contributed by atoms with Gasteiger partial charge in [0.2, 0.25) is 0 Å². The van der Waals surface area contributed by atoms with Gasteiger partial charge in [-0.15, -0.1) is 13.2 Å². The van der Waals surface area contributed by atoms with E-state index in [1.165, 1.54) is 0 Å². The zero-order valence-electron chi connectivity index (χ0n) is 6.48.